The normalized spacial score (nSPS) is 12.5. The quantitative estimate of drug-likeness (QED) is 0.915. The van der Waals surface area contributed by atoms with Crippen LogP contribution in [0, 0.1) is 0 Å². The van der Waals surface area contributed by atoms with E-state index in [-0.39, 0.29) is 12.7 Å². The molecule has 3 rings (SSSR count). The van der Waals surface area contributed by atoms with Gasteiger partial charge in [-0.2, -0.15) is 0 Å². The first-order valence-electron chi connectivity index (χ1n) is 6.74. The van der Waals surface area contributed by atoms with Gasteiger partial charge in [-0.15, -0.1) is 0 Å². The maximum Gasteiger partial charge on any atom is 0.272 e. The lowest BCUT2D eigenvalue weighted by atomic mass is 10.2. The van der Waals surface area contributed by atoms with E-state index in [2.05, 4.69) is 28.2 Å². The van der Waals surface area contributed by atoms with E-state index in [1.165, 1.54) is 0 Å². The third-order valence-corrected chi connectivity index (χ3v) is 3.62. The van der Waals surface area contributed by atoms with Crippen LogP contribution in [-0.2, 0) is 6.54 Å². The third-order valence-electron chi connectivity index (χ3n) is 3.19. The van der Waals surface area contributed by atoms with E-state index in [9.17, 15) is 4.79 Å². The van der Waals surface area contributed by atoms with Gasteiger partial charge in [0, 0.05) is 29.0 Å². The molecule has 0 saturated heterocycles. The van der Waals surface area contributed by atoms with Crippen molar-refractivity contribution in [3.63, 3.8) is 0 Å². The number of nitrogens with one attached hydrogen (secondary N) is 1. The number of amides is 1. The molecule has 1 aliphatic heterocycles. The molecule has 1 aliphatic rings. The smallest absolute Gasteiger partial charge is 0.272 e. The Labute approximate surface area is 131 Å². The van der Waals surface area contributed by atoms with E-state index in [0.717, 1.165) is 17.4 Å². The summed E-state index contributed by atoms with van der Waals surface area (Å²) in [7, 11) is 0. The summed E-state index contributed by atoms with van der Waals surface area (Å²) >= 11 is 3.41. The number of benzene rings is 1. The number of hydrogen-bond acceptors (Lipinski definition) is 3. The summed E-state index contributed by atoms with van der Waals surface area (Å²) in [6.45, 7) is 3.10. The van der Waals surface area contributed by atoms with Crippen LogP contribution in [0.4, 0.5) is 5.69 Å². The van der Waals surface area contributed by atoms with Crippen LogP contribution < -0.4 is 14.8 Å². The fourth-order valence-electron chi connectivity index (χ4n) is 2.26. The second-order valence-corrected chi connectivity index (χ2v) is 5.67. The van der Waals surface area contributed by atoms with E-state index in [1.807, 2.05) is 16.8 Å². The highest BCUT2D eigenvalue weighted by Gasteiger charge is 2.16. The van der Waals surface area contributed by atoms with Crippen LogP contribution in [0.15, 0.2) is 34.9 Å². The lowest BCUT2D eigenvalue weighted by Crippen LogP contribution is -2.16. The van der Waals surface area contributed by atoms with Crippen LogP contribution in [0.5, 0.6) is 11.5 Å². The van der Waals surface area contributed by atoms with Crippen molar-refractivity contribution in [2.45, 2.75) is 19.9 Å². The van der Waals surface area contributed by atoms with Crippen LogP contribution in [0.2, 0.25) is 0 Å². The molecule has 5 nitrogen and oxygen atoms in total. The first-order valence-corrected chi connectivity index (χ1v) is 7.53. The van der Waals surface area contributed by atoms with E-state index < -0.39 is 0 Å². The first kappa shape index (κ1) is 14.0. The largest absolute Gasteiger partial charge is 0.454 e. The van der Waals surface area contributed by atoms with Gasteiger partial charge in [0.05, 0.1) is 0 Å². The average molecular weight is 351 g/mol. The molecule has 21 heavy (non-hydrogen) atoms. The molecule has 6 heteroatoms. The minimum Gasteiger partial charge on any atom is -0.454 e. The highest BCUT2D eigenvalue weighted by Crippen LogP contribution is 2.34. The molecule has 0 atom stereocenters. The second-order valence-electron chi connectivity index (χ2n) is 4.76. The molecule has 1 amide bonds. The molecule has 0 saturated carbocycles. The van der Waals surface area contributed by atoms with E-state index in [4.69, 9.17) is 9.47 Å². The molecule has 0 unspecified atom stereocenters. The monoisotopic (exact) mass is 350 g/mol. The van der Waals surface area contributed by atoms with Gasteiger partial charge in [0.1, 0.15) is 5.69 Å². The SMILES string of the molecule is CCCn1cc(Br)cc1C(=O)Nc1ccc2c(c1)OCO2. The number of halogens is 1. The Morgan fingerprint density at radius 1 is 1.33 bits per heavy atom. The Balaban J connectivity index is 1.80. The van der Waals surface area contributed by atoms with E-state index >= 15 is 0 Å². The standard InChI is InChI=1S/C15H15BrN2O3/c1-2-5-18-8-10(16)6-12(18)15(19)17-11-3-4-13-14(7-11)21-9-20-13/h3-4,6-8H,2,5,9H2,1H3,(H,17,19). The van der Waals surface area contributed by atoms with Crippen molar-refractivity contribution in [1.82, 2.24) is 4.57 Å². The molecule has 2 heterocycles. The number of fused-ring (bicyclic) bond motifs is 1. The van der Waals surface area contributed by atoms with Gasteiger partial charge in [0.2, 0.25) is 6.79 Å². The average Bonchev–Trinajstić information content (AvgIpc) is 3.05. The number of rotatable bonds is 4. The van der Waals surface area contributed by atoms with Crippen LogP contribution >= 0.6 is 15.9 Å². The van der Waals surface area contributed by atoms with Gasteiger partial charge in [0.15, 0.2) is 11.5 Å². The van der Waals surface area contributed by atoms with Crippen molar-refractivity contribution in [2.75, 3.05) is 12.1 Å². The Morgan fingerprint density at radius 2 is 2.14 bits per heavy atom. The van der Waals surface area contributed by atoms with Gasteiger partial charge in [-0.3, -0.25) is 4.79 Å². The minimum atomic E-state index is -0.145. The number of carbonyl (C=O) groups is 1. The number of carbonyl (C=O) groups excluding carboxylic acids is 1. The molecule has 0 aliphatic carbocycles. The molecule has 1 aromatic carbocycles. The lowest BCUT2D eigenvalue weighted by molar-refractivity contribution is 0.101. The van der Waals surface area contributed by atoms with Crippen molar-refractivity contribution in [3.05, 3.63) is 40.6 Å². The second kappa shape index (κ2) is 5.81. The molecule has 0 fully saturated rings. The summed E-state index contributed by atoms with van der Waals surface area (Å²) in [6, 6.07) is 7.17. The van der Waals surface area contributed by atoms with Crippen LogP contribution in [0.1, 0.15) is 23.8 Å². The van der Waals surface area contributed by atoms with Gasteiger partial charge < -0.3 is 19.4 Å². The molecule has 1 N–H and O–H groups in total. The van der Waals surface area contributed by atoms with Gasteiger partial charge in [-0.25, -0.2) is 0 Å². The molecular formula is C15H15BrN2O3. The van der Waals surface area contributed by atoms with Crippen LogP contribution in [0.3, 0.4) is 0 Å². The molecule has 0 radical (unpaired) electrons. The Morgan fingerprint density at radius 3 is 2.95 bits per heavy atom. The molecule has 0 spiro atoms. The summed E-state index contributed by atoms with van der Waals surface area (Å²) < 4.78 is 13.4. The fourth-order valence-corrected chi connectivity index (χ4v) is 2.72. The maximum atomic E-state index is 12.4. The third kappa shape index (κ3) is 2.90. The van der Waals surface area contributed by atoms with Gasteiger partial charge in [-0.05, 0) is 40.5 Å². The van der Waals surface area contributed by atoms with Crippen LogP contribution in [0.25, 0.3) is 0 Å². The Kier molecular flexibility index (Phi) is 3.88. The Bertz CT molecular complexity index is 682. The van der Waals surface area contributed by atoms with Crippen molar-refractivity contribution < 1.29 is 14.3 Å². The van der Waals surface area contributed by atoms with Crippen molar-refractivity contribution >= 4 is 27.5 Å². The van der Waals surface area contributed by atoms with E-state index in [1.54, 1.807) is 18.2 Å². The number of hydrogen-bond donors (Lipinski definition) is 1. The van der Waals surface area contributed by atoms with Gasteiger partial charge >= 0.3 is 0 Å². The zero-order valence-electron chi connectivity index (χ0n) is 11.6. The van der Waals surface area contributed by atoms with Crippen molar-refractivity contribution in [1.29, 1.82) is 0 Å². The summed E-state index contributed by atoms with van der Waals surface area (Å²) in [5.74, 6) is 1.20. The zero-order chi connectivity index (χ0) is 14.8. The number of ether oxygens (including phenoxy) is 2. The summed E-state index contributed by atoms with van der Waals surface area (Å²) in [5, 5.41) is 2.88. The zero-order valence-corrected chi connectivity index (χ0v) is 13.1. The van der Waals surface area contributed by atoms with Gasteiger partial charge in [0.25, 0.3) is 5.91 Å². The first-order chi connectivity index (χ1) is 10.2. The lowest BCUT2D eigenvalue weighted by Gasteiger charge is -2.09. The maximum absolute atomic E-state index is 12.4. The van der Waals surface area contributed by atoms with Crippen molar-refractivity contribution in [2.24, 2.45) is 0 Å². The van der Waals surface area contributed by atoms with Gasteiger partial charge in [-0.1, -0.05) is 6.92 Å². The number of nitrogens with zero attached hydrogens (tertiary/aromatic N) is 1. The Hall–Kier alpha value is -1.95. The predicted molar refractivity (Wildman–Crippen MR) is 82.9 cm³/mol. The molecule has 110 valence electrons. The summed E-state index contributed by atoms with van der Waals surface area (Å²) in [6.07, 6.45) is 2.88. The molecule has 1 aromatic heterocycles. The number of aromatic nitrogens is 1. The number of aryl methyl sites for hydroxylation is 1. The highest BCUT2D eigenvalue weighted by molar-refractivity contribution is 9.10. The molecule has 0 bridgehead atoms. The van der Waals surface area contributed by atoms with Crippen LogP contribution in [-0.4, -0.2) is 17.3 Å². The summed E-state index contributed by atoms with van der Waals surface area (Å²) in [4.78, 5) is 12.4. The fraction of sp³-hybridized carbons (Fsp3) is 0.267. The number of anilines is 1. The summed E-state index contributed by atoms with van der Waals surface area (Å²) in [5.41, 5.74) is 1.31. The minimum absolute atomic E-state index is 0.145. The van der Waals surface area contributed by atoms with Crippen molar-refractivity contribution in [3.8, 4) is 11.5 Å². The van der Waals surface area contributed by atoms with E-state index in [0.29, 0.717) is 22.9 Å². The molecule has 2 aromatic rings. The highest BCUT2D eigenvalue weighted by atomic mass is 79.9. The molecular weight excluding hydrogens is 336 g/mol. The predicted octanol–water partition coefficient (Wildman–Crippen LogP) is 3.64. The topological polar surface area (TPSA) is 52.5 Å².